The molecular formula is C24H16Cl2N4O2S. The van der Waals surface area contributed by atoms with E-state index in [0.29, 0.717) is 49.2 Å². The van der Waals surface area contributed by atoms with Crippen molar-refractivity contribution in [1.29, 1.82) is 0 Å². The third kappa shape index (κ3) is 4.27. The van der Waals surface area contributed by atoms with Gasteiger partial charge in [0.25, 0.3) is 5.56 Å². The predicted octanol–water partition coefficient (Wildman–Crippen LogP) is 6.34. The molecule has 2 aromatic heterocycles. The Morgan fingerprint density at radius 1 is 1.00 bits per heavy atom. The number of aromatic nitrogens is 4. The Bertz CT molecular complexity index is 1550. The summed E-state index contributed by atoms with van der Waals surface area (Å²) in [4.78, 5) is 18.2. The fourth-order valence-electron chi connectivity index (χ4n) is 3.44. The first kappa shape index (κ1) is 21.7. The lowest BCUT2D eigenvalue weighted by molar-refractivity contribution is 0.528. The number of nitrogens with zero attached hydrogens (tertiary/aromatic N) is 4. The molecule has 0 unspecified atom stereocenters. The van der Waals surface area contributed by atoms with Gasteiger partial charge in [0.15, 0.2) is 5.16 Å². The standard InChI is InChI=1S/C24H16Cl2N4O2S/c1-14-6-2-5-9-20(14)30-23(31)17-11-10-15(25)12-19(17)27-24(30)33-13-21-28-29-22(32-21)16-7-3-4-8-18(16)26/h2-12H,13H2,1H3. The highest BCUT2D eigenvalue weighted by Crippen LogP contribution is 2.29. The van der Waals surface area contributed by atoms with Gasteiger partial charge >= 0.3 is 0 Å². The Morgan fingerprint density at radius 3 is 2.61 bits per heavy atom. The van der Waals surface area contributed by atoms with Crippen LogP contribution in [0.4, 0.5) is 0 Å². The monoisotopic (exact) mass is 494 g/mol. The zero-order valence-electron chi connectivity index (χ0n) is 17.3. The lowest BCUT2D eigenvalue weighted by Crippen LogP contribution is -2.22. The summed E-state index contributed by atoms with van der Waals surface area (Å²) < 4.78 is 7.43. The highest BCUT2D eigenvalue weighted by Gasteiger charge is 2.17. The van der Waals surface area contributed by atoms with E-state index in [0.717, 1.165) is 11.3 Å². The molecule has 0 saturated heterocycles. The highest BCUT2D eigenvalue weighted by molar-refractivity contribution is 7.98. The zero-order valence-corrected chi connectivity index (χ0v) is 19.7. The van der Waals surface area contributed by atoms with Crippen molar-refractivity contribution in [3.05, 3.63) is 98.6 Å². The maximum atomic E-state index is 13.5. The first-order chi connectivity index (χ1) is 16.0. The summed E-state index contributed by atoms with van der Waals surface area (Å²) in [5, 5.41) is 10.3. The summed E-state index contributed by atoms with van der Waals surface area (Å²) in [7, 11) is 0. The second-order valence-electron chi connectivity index (χ2n) is 7.25. The predicted molar refractivity (Wildman–Crippen MR) is 131 cm³/mol. The molecule has 6 nitrogen and oxygen atoms in total. The van der Waals surface area contributed by atoms with Crippen LogP contribution in [0.5, 0.6) is 0 Å². The van der Waals surface area contributed by atoms with Crippen molar-refractivity contribution in [3.63, 3.8) is 0 Å². The van der Waals surface area contributed by atoms with E-state index in [1.807, 2.05) is 49.4 Å². The maximum absolute atomic E-state index is 13.5. The number of halogens is 2. The Kier molecular flexibility index (Phi) is 5.93. The number of aryl methyl sites for hydroxylation is 1. The van der Waals surface area contributed by atoms with Crippen LogP contribution in [0, 0.1) is 6.92 Å². The minimum Gasteiger partial charge on any atom is -0.420 e. The molecule has 0 amide bonds. The van der Waals surface area contributed by atoms with Gasteiger partial charge in [-0.05, 0) is 48.9 Å². The van der Waals surface area contributed by atoms with Crippen LogP contribution < -0.4 is 5.56 Å². The van der Waals surface area contributed by atoms with Gasteiger partial charge in [-0.15, -0.1) is 10.2 Å². The van der Waals surface area contributed by atoms with Crippen LogP contribution in [0.1, 0.15) is 11.5 Å². The molecule has 0 aliphatic rings. The van der Waals surface area contributed by atoms with Gasteiger partial charge in [0.1, 0.15) is 0 Å². The molecular weight excluding hydrogens is 479 g/mol. The molecule has 0 radical (unpaired) electrons. The van der Waals surface area contributed by atoms with E-state index in [2.05, 4.69) is 10.2 Å². The number of para-hydroxylation sites is 1. The quantitative estimate of drug-likeness (QED) is 0.209. The average Bonchev–Trinajstić information content (AvgIpc) is 3.27. The Hall–Kier alpha value is -3.13. The molecule has 0 fully saturated rings. The third-order valence-electron chi connectivity index (χ3n) is 5.05. The Balaban J connectivity index is 1.55. The number of fused-ring (bicyclic) bond motifs is 1. The van der Waals surface area contributed by atoms with E-state index in [9.17, 15) is 4.79 Å². The molecule has 3 aromatic carbocycles. The number of rotatable bonds is 5. The van der Waals surface area contributed by atoms with Gasteiger partial charge in [0.2, 0.25) is 11.8 Å². The van der Waals surface area contributed by atoms with Crippen molar-refractivity contribution in [2.24, 2.45) is 0 Å². The second kappa shape index (κ2) is 9.02. The van der Waals surface area contributed by atoms with E-state index in [1.165, 1.54) is 11.8 Å². The molecule has 0 N–H and O–H groups in total. The molecule has 2 heterocycles. The van der Waals surface area contributed by atoms with Gasteiger partial charge in [-0.3, -0.25) is 9.36 Å². The van der Waals surface area contributed by atoms with E-state index < -0.39 is 0 Å². The van der Waals surface area contributed by atoms with Crippen LogP contribution in [0.25, 0.3) is 28.0 Å². The van der Waals surface area contributed by atoms with Gasteiger partial charge in [0.05, 0.1) is 32.9 Å². The first-order valence-corrected chi connectivity index (χ1v) is 11.7. The summed E-state index contributed by atoms with van der Waals surface area (Å²) in [6, 6.07) is 20.0. The highest BCUT2D eigenvalue weighted by atomic mass is 35.5. The van der Waals surface area contributed by atoms with E-state index >= 15 is 0 Å². The molecule has 0 aliphatic heterocycles. The second-order valence-corrected chi connectivity index (χ2v) is 9.04. The van der Waals surface area contributed by atoms with Crippen molar-refractivity contribution in [2.75, 3.05) is 0 Å². The lowest BCUT2D eigenvalue weighted by atomic mass is 10.2. The SMILES string of the molecule is Cc1ccccc1-n1c(SCc2nnc(-c3ccccc3Cl)o2)nc2cc(Cl)ccc2c1=O. The summed E-state index contributed by atoms with van der Waals surface area (Å²) >= 11 is 13.7. The number of benzene rings is 3. The van der Waals surface area contributed by atoms with Crippen LogP contribution in [0.2, 0.25) is 10.0 Å². The molecule has 0 saturated carbocycles. The zero-order chi connectivity index (χ0) is 22.9. The summed E-state index contributed by atoms with van der Waals surface area (Å²) in [5.74, 6) is 1.06. The topological polar surface area (TPSA) is 73.8 Å². The third-order valence-corrected chi connectivity index (χ3v) is 6.54. The number of hydrogen-bond acceptors (Lipinski definition) is 6. The van der Waals surface area contributed by atoms with Crippen LogP contribution >= 0.6 is 35.0 Å². The van der Waals surface area contributed by atoms with Crippen LogP contribution in [0.3, 0.4) is 0 Å². The van der Waals surface area contributed by atoms with Crippen molar-refractivity contribution < 1.29 is 4.42 Å². The molecule has 9 heteroatoms. The van der Waals surface area contributed by atoms with Crippen LogP contribution in [0.15, 0.2) is 81.1 Å². The number of hydrogen-bond donors (Lipinski definition) is 0. The van der Waals surface area contributed by atoms with Crippen molar-refractivity contribution >= 4 is 45.9 Å². The number of thioether (sulfide) groups is 1. The Labute approximate surface area is 203 Å². The van der Waals surface area contributed by atoms with Gasteiger partial charge in [-0.1, -0.05) is 65.3 Å². The summed E-state index contributed by atoms with van der Waals surface area (Å²) in [5.41, 5.74) is 2.74. The van der Waals surface area contributed by atoms with Crippen molar-refractivity contribution in [3.8, 4) is 17.1 Å². The first-order valence-electron chi connectivity index (χ1n) is 9.99. The largest absolute Gasteiger partial charge is 0.420 e. The molecule has 5 rings (SSSR count). The lowest BCUT2D eigenvalue weighted by Gasteiger charge is -2.14. The average molecular weight is 495 g/mol. The van der Waals surface area contributed by atoms with Crippen LogP contribution in [-0.2, 0) is 5.75 Å². The summed E-state index contributed by atoms with van der Waals surface area (Å²) in [6.07, 6.45) is 0. The van der Waals surface area contributed by atoms with Crippen molar-refractivity contribution in [2.45, 2.75) is 17.8 Å². The molecule has 164 valence electrons. The van der Waals surface area contributed by atoms with E-state index in [1.54, 1.807) is 28.8 Å². The molecule has 0 aliphatic carbocycles. The summed E-state index contributed by atoms with van der Waals surface area (Å²) in [6.45, 7) is 1.95. The fourth-order valence-corrected chi connectivity index (χ4v) is 4.67. The Morgan fingerprint density at radius 2 is 1.79 bits per heavy atom. The smallest absolute Gasteiger partial charge is 0.266 e. The van der Waals surface area contributed by atoms with Crippen molar-refractivity contribution in [1.82, 2.24) is 19.7 Å². The molecule has 5 aromatic rings. The van der Waals surface area contributed by atoms with Gasteiger partial charge in [-0.25, -0.2) is 4.98 Å². The van der Waals surface area contributed by atoms with Gasteiger partial charge < -0.3 is 4.42 Å². The maximum Gasteiger partial charge on any atom is 0.266 e. The van der Waals surface area contributed by atoms with Gasteiger partial charge in [0, 0.05) is 5.02 Å². The molecule has 0 bridgehead atoms. The van der Waals surface area contributed by atoms with E-state index in [-0.39, 0.29) is 5.56 Å². The normalized spacial score (nSPS) is 11.2. The minimum atomic E-state index is -0.171. The molecule has 0 atom stereocenters. The minimum absolute atomic E-state index is 0.171. The van der Waals surface area contributed by atoms with E-state index in [4.69, 9.17) is 32.6 Å². The molecule has 33 heavy (non-hydrogen) atoms. The van der Waals surface area contributed by atoms with Crippen LogP contribution in [-0.4, -0.2) is 19.7 Å². The fraction of sp³-hybridized carbons (Fsp3) is 0.0833. The molecule has 0 spiro atoms. The van der Waals surface area contributed by atoms with Gasteiger partial charge in [-0.2, -0.15) is 0 Å².